The molecule has 188 valence electrons. The number of carbonyl (C=O) groups is 2. The van der Waals surface area contributed by atoms with E-state index in [0.29, 0.717) is 43.9 Å². The number of amides is 1. The van der Waals surface area contributed by atoms with Crippen LogP contribution < -0.4 is 4.90 Å². The molecule has 1 aliphatic rings. The van der Waals surface area contributed by atoms with Gasteiger partial charge in [0.1, 0.15) is 5.82 Å². The van der Waals surface area contributed by atoms with Gasteiger partial charge >= 0.3 is 5.97 Å². The van der Waals surface area contributed by atoms with Gasteiger partial charge in [0.05, 0.1) is 28.9 Å². The van der Waals surface area contributed by atoms with Gasteiger partial charge in [0, 0.05) is 43.3 Å². The highest BCUT2D eigenvalue weighted by molar-refractivity contribution is 6.07. The summed E-state index contributed by atoms with van der Waals surface area (Å²) in [5, 5.41) is 0.861. The molecule has 2 aromatic heterocycles. The molecule has 0 radical (unpaired) electrons. The number of esters is 1. The maximum Gasteiger partial charge on any atom is 0.339 e. The van der Waals surface area contributed by atoms with E-state index in [9.17, 15) is 9.59 Å². The molecule has 1 aliphatic heterocycles. The fraction of sp³-hybridized carbons (Fsp3) is 0.267. The number of piperazine rings is 1. The van der Waals surface area contributed by atoms with Crippen LogP contribution in [0, 0.1) is 13.8 Å². The second kappa shape index (κ2) is 10.4. The van der Waals surface area contributed by atoms with E-state index in [1.54, 1.807) is 19.2 Å². The summed E-state index contributed by atoms with van der Waals surface area (Å²) in [5.41, 5.74) is 6.09. The van der Waals surface area contributed by atoms with Crippen molar-refractivity contribution in [3.05, 3.63) is 89.1 Å². The number of hydrogen-bond acceptors (Lipinski definition) is 6. The van der Waals surface area contributed by atoms with Crippen LogP contribution >= 0.6 is 0 Å². The quantitative estimate of drug-likeness (QED) is 0.361. The topological polar surface area (TPSA) is 75.6 Å². The molecule has 0 aliphatic carbocycles. The van der Waals surface area contributed by atoms with E-state index in [-0.39, 0.29) is 11.9 Å². The van der Waals surface area contributed by atoms with Crippen LogP contribution in [0.2, 0.25) is 0 Å². The van der Waals surface area contributed by atoms with Gasteiger partial charge in [-0.1, -0.05) is 42.0 Å². The molecule has 37 heavy (non-hydrogen) atoms. The monoisotopic (exact) mass is 494 g/mol. The highest BCUT2D eigenvalue weighted by Crippen LogP contribution is 2.29. The lowest BCUT2D eigenvalue weighted by atomic mass is 9.99. The summed E-state index contributed by atoms with van der Waals surface area (Å²) in [4.78, 5) is 39.0. The van der Waals surface area contributed by atoms with E-state index in [0.717, 1.165) is 33.5 Å². The Bertz CT molecular complexity index is 1460. The molecule has 2 aromatic carbocycles. The van der Waals surface area contributed by atoms with Crippen molar-refractivity contribution in [1.82, 2.24) is 14.9 Å². The van der Waals surface area contributed by atoms with Gasteiger partial charge in [-0.25, -0.2) is 14.8 Å². The average molecular weight is 495 g/mol. The first-order chi connectivity index (χ1) is 17.9. The van der Waals surface area contributed by atoms with Crippen LogP contribution in [0.25, 0.3) is 22.2 Å². The van der Waals surface area contributed by atoms with E-state index in [4.69, 9.17) is 9.72 Å². The summed E-state index contributed by atoms with van der Waals surface area (Å²) in [6, 6.07) is 19.6. The molecule has 5 rings (SSSR count). The van der Waals surface area contributed by atoms with Crippen LogP contribution in [0.15, 0.2) is 66.9 Å². The first kappa shape index (κ1) is 24.4. The third-order valence-corrected chi connectivity index (χ3v) is 6.75. The maximum atomic E-state index is 13.8. The molecule has 7 heteroatoms. The molecule has 0 unspecified atom stereocenters. The second-order valence-electron chi connectivity index (χ2n) is 9.30. The van der Waals surface area contributed by atoms with Crippen molar-refractivity contribution in [1.29, 1.82) is 0 Å². The van der Waals surface area contributed by atoms with E-state index < -0.39 is 0 Å². The number of fused-ring (bicyclic) bond motifs is 1. The number of para-hydroxylation sites is 1. The number of aromatic nitrogens is 2. The van der Waals surface area contributed by atoms with E-state index >= 15 is 0 Å². The molecule has 0 bridgehead atoms. The van der Waals surface area contributed by atoms with Crippen LogP contribution in [-0.2, 0) is 4.74 Å². The first-order valence-corrected chi connectivity index (χ1v) is 12.6. The van der Waals surface area contributed by atoms with Gasteiger partial charge < -0.3 is 14.5 Å². The zero-order chi connectivity index (χ0) is 25.9. The van der Waals surface area contributed by atoms with Crippen molar-refractivity contribution >= 4 is 28.6 Å². The van der Waals surface area contributed by atoms with Gasteiger partial charge in [0.25, 0.3) is 5.91 Å². The summed E-state index contributed by atoms with van der Waals surface area (Å²) < 4.78 is 5.03. The molecular weight excluding hydrogens is 464 g/mol. The highest BCUT2D eigenvalue weighted by Gasteiger charge is 2.25. The Morgan fingerprint density at radius 2 is 1.73 bits per heavy atom. The number of benzene rings is 2. The minimum Gasteiger partial charge on any atom is -0.462 e. The fourth-order valence-electron chi connectivity index (χ4n) is 4.81. The minimum absolute atomic E-state index is 0.00915. The molecule has 1 fully saturated rings. The summed E-state index contributed by atoms with van der Waals surface area (Å²) >= 11 is 0. The fourth-order valence-corrected chi connectivity index (χ4v) is 4.81. The van der Waals surface area contributed by atoms with Crippen LogP contribution in [0.3, 0.4) is 0 Å². The number of ether oxygens (including phenoxy) is 1. The zero-order valence-corrected chi connectivity index (χ0v) is 21.4. The Kier molecular flexibility index (Phi) is 6.86. The van der Waals surface area contributed by atoms with Gasteiger partial charge in [-0.15, -0.1) is 0 Å². The normalized spacial score (nSPS) is 13.6. The summed E-state index contributed by atoms with van der Waals surface area (Å²) in [7, 11) is 0. The van der Waals surface area contributed by atoms with E-state index in [1.807, 2.05) is 41.3 Å². The maximum absolute atomic E-state index is 13.8. The molecule has 0 saturated carbocycles. The smallest absolute Gasteiger partial charge is 0.339 e. The van der Waals surface area contributed by atoms with Crippen molar-refractivity contribution < 1.29 is 14.3 Å². The average Bonchev–Trinajstić information content (AvgIpc) is 2.92. The number of aryl methyl sites for hydroxylation is 2. The van der Waals surface area contributed by atoms with Gasteiger partial charge in [0.2, 0.25) is 0 Å². The van der Waals surface area contributed by atoms with Crippen molar-refractivity contribution in [3.8, 4) is 11.3 Å². The molecule has 7 nitrogen and oxygen atoms in total. The Hall–Kier alpha value is -4.26. The van der Waals surface area contributed by atoms with Crippen molar-refractivity contribution in [2.24, 2.45) is 0 Å². The lowest BCUT2D eigenvalue weighted by Crippen LogP contribution is -2.49. The third kappa shape index (κ3) is 5.03. The highest BCUT2D eigenvalue weighted by atomic mass is 16.5. The second-order valence-corrected chi connectivity index (χ2v) is 9.30. The zero-order valence-electron chi connectivity index (χ0n) is 21.4. The Labute approximate surface area is 216 Å². The lowest BCUT2D eigenvalue weighted by Gasteiger charge is -2.35. The number of nitrogens with zero attached hydrogens (tertiary/aromatic N) is 4. The largest absolute Gasteiger partial charge is 0.462 e. The standard InChI is InChI=1S/C30H30N4O3/c1-4-37-30(36)22-10-12-28(31-19-22)33-13-15-34(16-14-33)29(35)25-18-27(23-11-9-20(2)17-21(23)3)32-26-8-6-5-7-24(25)26/h5-12,17-19H,4,13-16H2,1-3H3. The van der Waals surface area contributed by atoms with E-state index in [1.165, 1.54) is 5.56 Å². The molecule has 3 heterocycles. The molecule has 0 N–H and O–H groups in total. The minimum atomic E-state index is -0.373. The Morgan fingerprint density at radius 3 is 2.43 bits per heavy atom. The number of rotatable bonds is 5. The number of carbonyl (C=O) groups excluding carboxylic acids is 2. The van der Waals surface area contributed by atoms with E-state index in [2.05, 4.69) is 41.9 Å². The molecule has 0 atom stereocenters. The lowest BCUT2D eigenvalue weighted by molar-refractivity contribution is 0.0525. The summed E-state index contributed by atoms with van der Waals surface area (Å²) in [6.07, 6.45) is 1.54. The van der Waals surface area contributed by atoms with Crippen LogP contribution in [0.1, 0.15) is 38.8 Å². The van der Waals surface area contributed by atoms with Gasteiger partial charge in [-0.2, -0.15) is 0 Å². The molecular formula is C30H30N4O3. The van der Waals surface area contributed by atoms with Crippen LogP contribution in [0.4, 0.5) is 5.82 Å². The van der Waals surface area contributed by atoms with Crippen molar-refractivity contribution in [3.63, 3.8) is 0 Å². The number of hydrogen-bond donors (Lipinski definition) is 0. The van der Waals surface area contributed by atoms with Gasteiger partial charge in [-0.3, -0.25) is 4.79 Å². The van der Waals surface area contributed by atoms with Gasteiger partial charge in [0.15, 0.2) is 0 Å². The summed E-state index contributed by atoms with van der Waals surface area (Å²) in [5.74, 6) is 0.420. The SMILES string of the molecule is CCOC(=O)c1ccc(N2CCN(C(=O)c3cc(-c4ccc(C)cc4C)nc4ccccc34)CC2)nc1. The van der Waals surface area contributed by atoms with Crippen molar-refractivity contribution in [2.75, 3.05) is 37.7 Å². The van der Waals surface area contributed by atoms with Crippen LogP contribution in [0.5, 0.6) is 0 Å². The third-order valence-electron chi connectivity index (χ3n) is 6.75. The predicted octanol–water partition coefficient (Wildman–Crippen LogP) is 5.05. The first-order valence-electron chi connectivity index (χ1n) is 12.6. The number of anilines is 1. The molecule has 1 amide bonds. The number of pyridine rings is 2. The molecule has 4 aromatic rings. The van der Waals surface area contributed by atoms with Crippen molar-refractivity contribution in [2.45, 2.75) is 20.8 Å². The predicted molar refractivity (Wildman–Crippen MR) is 145 cm³/mol. The molecule has 0 spiro atoms. The Balaban J connectivity index is 1.37. The van der Waals surface area contributed by atoms with Crippen LogP contribution in [-0.4, -0.2) is 59.5 Å². The van der Waals surface area contributed by atoms with Gasteiger partial charge in [-0.05, 0) is 50.6 Å². The Morgan fingerprint density at radius 1 is 0.946 bits per heavy atom. The summed E-state index contributed by atoms with van der Waals surface area (Å²) in [6.45, 7) is 8.73. The molecule has 1 saturated heterocycles.